The van der Waals surface area contributed by atoms with Crippen LogP contribution in [0.5, 0.6) is 0 Å². The van der Waals surface area contributed by atoms with Gasteiger partial charge in [-0.1, -0.05) is 31.1 Å². The molecule has 2 rings (SSSR count). The molecule has 0 spiro atoms. The van der Waals surface area contributed by atoms with Gasteiger partial charge in [0.25, 0.3) is 5.91 Å². The maximum atomic E-state index is 13.5. The average Bonchev–Trinajstić information content (AvgIpc) is 2.53. The topological polar surface area (TPSA) is 40.5 Å². The molecule has 21 heavy (non-hydrogen) atoms. The molecule has 1 N–H and O–H groups in total. The van der Waals surface area contributed by atoms with Gasteiger partial charge in [-0.3, -0.25) is 4.79 Å². The molecular formula is C17H20FNO2. The van der Waals surface area contributed by atoms with Gasteiger partial charge in [0.2, 0.25) is 0 Å². The number of hydrogen-bond donors (Lipinski definition) is 1. The highest BCUT2D eigenvalue weighted by molar-refractivity contribution is 5.96. The minimum absolute atomic E-state index is 0.205. The van der Waals surface area contributed by atoms with Gasteiger partial charge in [0.1, 0.15) is 12.4 Å². The highest BCUT2D eigenvalue weighted by Crippen LogP contribution is 2.23. The Balaban J connectivity index is 2.26. The summed E-state index contributed by atoms with van der Waals surface area (Å²) in [5.74, 6) is 4.57. The first-order valence-corrected chi connectivity index (χ1v) is 7.30. The van der Waals surface area contributed by atoms with Crippen molar-refractivity contribution >= 4 is 5.91 Å². The van der Waals surface area contributed by atoms with Gasteiger partial charge in [-0.2, -0.15) is 0 Å². The molecule has 0 radical (unpaired) electrons. The SMILES string of the molecule is CN(C(=O)c1cc(F)ccc1C#CCO)C1CCCCC1. The summed E-state index contributed by atoms with van der Waals surface area (Å²) < 4.78 is 13.5. The zero-order valence-electron chi connectivity index (χ0n) is 12.2. The number of aliphatic hydroxyl groups is 1. The van der Waals surface area contributed by atoms with Crippen molar-refractivity contribution in [2.24, 2.45) is 0 Å². The van der Waals surface area contributed by atoms with Crippen LogP contribution in [0.25, 0.3) is 0 Å². The third-order valence-electron chi connectivity index (χ3n) is 3.96. The van der Waals surface area contributed by atoms with E-state index in [1.54, 1.807) is 11.9 Å². The molecule has 0 unspecified atom stereocenters. The van der Waals surface area contributed by atoms with E-state index in [-0.39, 0.29) is 24.1 Å². The molecule has 1 aliphatic rings. The fourth-order valence-electron chi connectivity index (χ4n) is 2.76. The Hall–Kier alpha value is -1.86. The lowest BCUT2D eigenvalue weighted by atomic mass is 9.94. The molecule has 112 valence electrons. The molecule has 1 aromatic rings. The maximum absolute atomic E-state index is 13.5. The summed E-state index contributed by atoms with van der Waals surface area (Å²) in [6.07, 6.45) is 5.46. The van der Waals surface area contributed by atoms with Crippen molar-refractivity contribution in [3.05, 3.63) is 35.1 Å². The number of carbonyl (C=O) groups excluding carboxylic acids is 1. The lowest BCUT2D eigenvalue weighted by molar-refractivity contribution is 0.0695. The van der Waals surface area contributed by atoms with Crippen LogP contribution < -0.4 is 0 Å². The second kappa shape index (κ2) is 7.24. The summed E-state index contributed by atoms with van der Waals surface area (Å²) in [7, 11) is 1.77. The Bertz CT molecular complexity index is 568. The van der Waals surface area contributed by atoms with E-state index >= 15 is 0 Å². The molecular weight excluding hydrogens is 269 g/mol. The van der Waals surface area contributed by atoms with Crippen molar-refractivity contribution in [1.29, 1.82) is 0 Å². The zero-order chi connectivity index (χ0) is 15.2. The monoisotopic (exact) mass is 289 g/mol. The van der Waals surface area contributed by atoms with Crippen molar-refractivity contribution < 1.29 is 14.3 Å². The number of benzene rings is 1. The molecule has 0 heterocycles. The molecule has 1 aromatic carbocycles. The molecule has 0 aliphatic heterocycles. The van der Waals surface area contributed by atoms with Crippen LogP contribution in [0.4, 0.5) is 4.39 Å². The normalized spacial score (nSPS) is 15.2. The lowest BCUT2D eigenvalue weighted by Crippen LogP contribution is -2.38. The molecule has 0 bridgehead atoms. The third-order valence-corrected chi connectivity index (χ3v) is 3.96. The minimum atomic E-state index is -0.454. The van der Waals surface area contributed by atoms with Crippen LogP contribution in [0.3, 0.4) is 0 Å². The number of carbonyl (C=O) groups is 1. The molecule has 0 aromatic heterocycles. The van der Waals surface area contributed by atoms with Crippen LogP contribution in [0, 0.1) is 17.7 Å². The number of hydrogen-bond acceptors (Lipinski definition) is 2. The van der Waals surface area contributed by atoms with Gasteiger partial charge in [0, 0.05) is 18.7 Å². The molecule has 1 aliphatic carbocycles. The first kappa shape index (κ1) is 15.5. The first-order valence-electron chi connectivity index (χ1n) is 7.30. The summed E-state index contributed by atoms with van der Waals surface area (Å²) in [6.45, 7) is -0.288. The van der Waals surface area contributed by atoms with E-state index in [9.17, 15) is 9.18 Å². The molecule has 1 fully saturated rings. The summed E-state index contributed by atoms with van der Waals surface area (Å²) in [5, 5.41) is 8.78. The largest absolute Gasteiger partial charge is 0.384 e. The van der Waals surface area contributed by atoms with Crippen molar-refractivity contribution in [3.63, 3.8) is 0 Å². The number of nitrogens with zero attached hydrogens (tertiary/aromatic N) is 1. The Morgan fingerprint density at radius 2 is 2.10 bits per heavy atom. The van der Waals surface area contributed by atoms with E-state index in [4.69, 9.17) is 5.11 Å². The number of rotatable bonds is 2. The molecule has 1 saturated carbocycles. The van der Waals surface area contributed by atoms with Crippen LogP contribution in [-0.2, 0) is 0 Å². The molecule has 0 saturated heterocycles. The van der Waals surface area contributed by atoms with E-state index in [0.717, 1.165) is 25.7 Å². The van der Waals surface area contributed by atoms with Gasteiger partial charge in [-0.05, 0) is 31.0 Å². The van der Waals surface area contributed by atoms with E-state index in [1.165, 1.54) is 24.6 Å². The second-order valence-electron chi connectivity index (χ2n) is 5.36. The number of halogens is 1. The standard InChI is InChI=1S/C17H20FNO2/c1-19(15-7-3-2-4-8-15)17(21)16-12-14(18)10-9-13(16)6-5-11-20/h9-10,12,15,20H,2-4,7-8,11H2,1H3. The number of amides is 1. The molecule has 3 nitrogen and oxygen atoms in total. The summed E-state index contributed by atoms with van der Waals surface area (Å²) in [5.41, 5.74) is 0.724. The first-order chi connectivity index (χ1) is 10.1. The van der Waals surface area contributed by atoms with E-state index in [0.29, 0.717) is 5.56 Å². The predicted octanol–water partition coefficient (Wildman–Crippen LogP) is 2.57. The summed E-state index contributed by atoms with van der Waals surface area (Å²) in [4.78, 5) is 14.3. The Morgan fingerprint density at radius 1 is 1.38 bits per heavy atom. The Morgan fingerprint density at radius 3 is 2.76 bits per heavy atom. The van der Waals surface area contributed by atoms with Gasteiger partial charge in [-0.15, -0.1) is 0 Å². The van der Waals surface area contributed by atoms with Crippen LogP contribution in [0.2, 0.25) is 0 Å². The Kier molecular flexibility index (Phi) is 5.35. The van der Waals surface area contributed by atoms with Crippen LogP contribution >= 0.6 is 0 Å². The van der Waals surface area contributed by atoms with E-state index in [1.807, 2.05) is 0 Å². The maximum Gasteiger partial charge on any atom is 0.255 e. The average molecular weight is 289 g/mol. The fourth-order valence-corrected chi connectivity index (χ4v) is 2.76. The highest BCUT2D eigenvalue weighted by atomic mass is 19.1. The van der Waals surface area contributed by atoms with Gasteiger partial charge < -0.3 is 10.0 Å². The van der Waals surface area contributed by atoms with E-state index < -0.39 is 5.82 Å². The quantitative estimate of drug-likeness (QED) is 0.850. The second-order valence-corrected chi connectivity index (χ2v) is 5.36. The Labute approximate surface area is 124 Å². The van der Waals surface area contributed by atoms with Gasteiger partial charge in [0.15, 0.2) is 0 Å². The van der Waals surface area contributed by atoms with Crippen molar-refractivity contribution in [3.8, 4) is 11.8 Å². The fraction of sp³-hybridized carbons (Fsp3) is 0.471. The predicted molar refractivity (Wildman–Crippen MR) is 79.3 cm³/mol. The highest BCUT2D eigenvalue weighted by Gasteiger charge is 2.24. The minimum Gasteiger partial charge on any atom is -0.384 e. The molecule has 4 heteroatoms. The van der Waals surface area contributed by atoms with Crippen LogP contribution in [-0.4, -0.2) is 35.6 Å². The van der Waals surface area contributed by atoms with Crippen molar-refractivity contribution in [2.45, 2.75) is 38.1 Å². The summed E-state index contributed by atoms with van der Waals surface area (Å²) in [6, 6.07) is 4.20. The summed E-state index contributed by atoms with van der Waals surface area (Å²) >= 11 is 0. The van der Waals surface area contributed by atoms with Gasteiger partial charge >= 0.3 is 0 Å². The smallest absolute Gasteiger partial charge is 0.255 e. The van der Waals surface area contributed by atoms with Crippen molar-refractivity contribution in [2.75, 3.05) is 13.7 Å². The third kappa shape index (κ3) is 3.83. The van der Waals surface area contributed by atoms with Crippen LogP contribution in [0.15, 0.2) is 18.2 Å². The number of aliphatic hydroxyl groups excluding tert-OH is 1. The molecule has 0 atom stereocenters. The zero-order valence-corrected chi connectivity index (χ0v) is 12.2. The van der Waals surface area contributed by atoms with Gasteiger partial charge in [0.05, 0.1) is 5.56 Å². The van der Waals surface area contributed by atoms with E-state index in [2.05, 4.69) is 11.8 Å². The molecule has 1 amide bonds. The van der Waals surface area contributed by atoms with Crippen molar-refractivity contribution in [1.82, 2.24) is 4.90 Å². The van der Waals surface area contributed by atoms with Gasteiger partial charge in [-0.25, -0.2) is 4.39 Å². The van der Waals surface area contributed by atoms with Crippen LogP contribution in [0.1, 0.15) is 48.0 Å². The lowest BCUT2D eigenvalue weighted by Gasteiger charge is -2.31.